The van der Waals surface area contributed by atoms with E-state index in [4.69, 9.17) is 4.74 Å². The van der Waals surface area contributed by atoms with Crippen LogP contribution in [0.15, 0.2) is 4.99 Å². The molecule has 1 atom stereocenters. The molecule has 2 N–H and O–H groups in total. The summed E-state index contributed by atoms with van der Waals surface area (Å²) in [5, 5.41) is 6.86. The van der Waals surface area contributed by atoms with Crippen LogP contribution in [-0.2, 0) is 9.53 Å². The second kappa shape index (κ2) is 10.00. The molecule has 0 aromatic carbocycles. The van der Waals surface area contributed by atoms with Gasteiger partial charge in [-0.05, 0) is 31.1 Å². The van der Waals surface area contributed by atoms with Crippen molar-refractivity contribution in [3.05, 3.63) is 0 Å². The van der Waals surface area contributed by atoms with Gasteiger partial charge in [-0.15, -0.1) is 0 Å². The van der Waals surface area contributed by atoms with Gasteiger partial charge in [-0.1, -0.05) is 32.6 Å². The first-order valence-electron chi connectivity index (χ1n) is 9.82. The molecule has 0 radical (unpaired) electrons. The van der Waals surface area contributed by atoms with E-state index in [1.54, 1.807) is 19.0 Å². The third-order valence-electron chi connectivity index (χ3n) is 5.39. The quantitative estimate of drug-likeness (QED) is 0.437. The van der Waals surface area contributed by atoms with Crippen molar-refractivity contribution in [2.24, 2.45) is 10.4 Å². The molecule has 144 valence electrons. The molecule has 1 amide bonds. The molecular formula is C19H36N4O2. The van der Waals surface area contributed by atoms with Crippen molar-refractivity contribution in [3.8, 4) is 0 Å². The standard InChI is InChI=1S/C19H36N4O2/c1-19(10-6-4-5-7-11-19)15-22-18(21-14-17(24)23(2)3)20-13-16-9-8-12-25-16/h16H,4-15H2,1-3H3,(H2,20,21,22). The minimum atomic E-state index is 0.0129. The molecule has 1 aliphatic heterocycles. The van der Waals surface area contributed by atoms with E-state index in [2.05, 4.69) is 22.5 Å². The molecule has 6 nitrogen and oxygen atoms in total. The summed E-state index contributed by atoms with van der Waals surface area (Å²) >= 11 is 0. The summed E-state index contributed by atoms with van der Waals surface area (Å²) in [7, 11) is 3.52. The van der Waals surface area contributed by atoms with Gasteiger partial charge in [0.15, 0.2) is 5.96 Å². The van der Waals surface area contributed by atoms with Gasteiger partial charge in [0.05, 0.1) is 6.10 Å². The van der Waals surface area contributed by atoms with Crippen LogP contribution in [0.3, 0.4) is 0 Å². The number of carbonyl (C=O) groups excluding carboxylic acids is 1. The summed E-state index contributed by atoms with van der Waals surface area (Å²) < 4.78 is 5.68. The van der Waals surface area contributed by atoms with Gasteiger partial charge >= 0.3 is 0 Å². The third kappa shape index (κ3) is 7.22. The van der Waals surface area contributed by atoms with Crippen molar-refractivity contribution in [1.29, 1.82) is 0 Å². The Labute approximate surface area is 152 Å². The van der Waals surface area contributed by atoms with Gasteiger partial charge in [0, 0.05) is 33.8 Å². The zero-order valence-corrected chi connectivity index (χ0v) is 16.3. The summed E-state index contributed by atoms with van der Waals surface area (Å²) in [6.45, 7) is 5.04. The topological polar surface area (TPSA) is 66.0 Å². The number of amides is 1. The molecule has 2 fully saturated rings. The highest BCUT2D eigenvalue weighted by Crippen LogP contribution is 2.33. The van der Waals surface area contributed by atoms with E-state index in [1.165, 1.54) is 38.5 Å². The lowest BCUT2D eigenvalue weighted by Crippen LogP contribution is -2.45. The maximum Gasteiger partial charge on any atom is 0.243 e. The van der Waals surface area contributed by atoms with Gasteiger partial charge in [0.2, 0.25) is 5.91 Å². The molecule has 0 aromatic rings. The SMILES string of the molecule is CN(C)C(=O)CN=C(NCC1CCCO1)NCC1(C)CCCCCC1. The molecule has 25 heavy (non-hydrogen) atoms. The van der Waals surface area contributed by atoms with Gasteiger partial charge in [-0.3, -0.25) is 4.79 Å². The van der Waals surface area contributed by atoms with Crippen LogP contribution in [0.2, 0.25) is 0 Å². The largest absolute Gasteiger partial charge is 0.376 e. The van der Waals surface area contributed by atoms with E-state index in [-0.39, 0.29) is 18.6 Å². The van der Waals surface area contributed by atoms with Crippen LogP contribution < -0.4 is 10.6 Å². The van der Waals surface area contributed by atoms with E-state index in [0.29, 0.717) is 5.41 Å². The second-order valence-corrected chi connectivity index (χ2v) is 8.05. The Morgan fingerprint density at radius 2 is 1.88 bits per heavy atom. The molecule has 0 spiro atoms. The number of nitrogens with zero attached hydrogens (tertiary/aromatic N) is 2. The van der Waals surface area contributed by atoms with Crippen molar-refractivity contribution in [2.75, 3.05) is 40.3 Å². The molecule has 1 unspecified atom stereocenters. The van der Waals surface area contributed by atoms with Crippen LogP contribution in [0.1, 0.15) is 58.3 Å². The van der Waals surface area contributed by atoms with Crippen LogP contribution in [-0.4, -0.2) is 63.2 Å². The number of likely N-dealkylation sites (N-methyl/N-ethyl adjacent to an activating group) is 1. The zero-order chi connectivity index (χ0) is 18.1. The summed E-state index contributed by atoms with van der Waals surface area (Å²) in [6.07, 6.45) is 10.3. The highest BCUT2D eigenvalue weighted by Gasteiger charge is 2.26. The molecule has 6 heteroatoms. The van der Waals surface area contributed by atoms with Crippen LogP contribution in [0.5, 0.6) is 0 Å². The summed E-state index contributed by atoms with van der Waals surface area (Å²) in [6, 6.07) is 0. The number of ether oxygens (including phenoxy) is 1. The average molecular weight is 353 g/mol. The third-order valence-corrected chi connectivity index (χ3v) is 5.39. The van der Waals surface area contributed by atoms with E-state index in [0.717, 1.165) is 38.5 Å². The van der Waals surface area contributed by atoms with Crippen molar-refractivity contribution >= 4 is 11.9 Å². The fraction of sp³-hybridized carbons (Fsp3) is 0.895. The monoisotopic (exact) mass is 352 g/mol. The summed E-state index contributed by atoms with van der Waals surface area (Å²) in [5.74, 6) is 0.745. The Morgan fingerprint density at radius 3 is 2.48 bits per heavy atom. The molecule has 2 rings (SSSR count). The summed E-state index contributed by atoms with van der Waals surface area (Å²) in [5.41, 5.74) is 0.314. The maximum absolute atomic E-state index is 11.9. The maximum atomic E-state index is 11.9. The molecular weight excluding hydrogens is 316 g/mol. The van der Waals surface area contributed by atoms with Gasteiger partial charge in [-0.2, -0.15) is 0 Å². The first-order valence-corrected chi connectivity index (χ1v) is 9.82. The number of hydrogen-bond acceptors (Lipinski definition) is 3. The van der Waals surface area contributed by atoms with Gasteiger partial charge in [0.25, 0.3) is 0 Å². The van der Waals surface area contributed by atoms with Crippen molar-refractivity contribution in [2.45, 2.75) is 64.4 Å². The minimum absolute atomic E-state index is 0.0129. The fourth-order valence-electron chi connectivity index (χ4n) is 3.53. The van der Waals surface area contributed by atoms with Crippen LogP contribution >= 0.6 is 0 Å². The molecule has 1 heterocycles. The number of nitrogens with one attached hydrogen (secondary N) is 2. The normalized spacial score (nSPS) is 23.8. The van der Waals surface area contributed by atoms with E-state index in [1.807, 2.05) is 0 Å². The molecule has 0 bridgehead atoms. The van der Waals surface area contributed by atoms with Gasteiger partial charge in [0.1, 0.15) is 6.54 Å². The highest BCUT2D eigenvalue weighted by molar-refractivity contribution is 5.84. The Hall–Kier alpha value is -1.30. The number of guanidine groups is 1. The Kier molecular flexibility index (Phi) is 8.00. The van der Waals surface area contributed by atoms with Crippen molar-refractivity contribution in [1.82, 2.24) is 15.5 Å². The van der Waals surface area contributed by atoms with E-state index >= 15 is 0 Å². The van der Waals surface area contributed by atoms with Crippen LogP contribution in [0.4, 0.5) is 0 Å². The minimum Gasteiger partial charge on any atom is -0.376 e. The Morgan fingerprint density at radius 1 is 1.16 bits per heavy atom. The molecule has 1 saturated heterocycles. The number of carbonyl (C=O) groups is 1. The fourth-order valence-corrected chi connectivity index (χ4v) is 3.53. The Balaban J connectivity index is 1.89. The lowest BCUT2D eigenvalue weighted by Gasteiger charge is -2.29. The number of aliphatic imine (C=N–C) groups is 1. The lowest BCUT2D eigenvalue weighted by molar-refractivity contribution is -0.127. The first kappa shape index (κ1) is 20.0. The van der Waals surface area contributed by atoms with Crippen LogP contribution in [0.25, 0.3) is 0 Å². The second-order valence-electron chi connectivity index (χ2n) is 8.05. The average Bonchev–Trinajstić information content (AvgIpc) is 3.01. The van der Waals surface area contributed by atoms with E-state index < -0.39 is 0 Å². The molecule has 1 saturated carbocycles. The van der Waals surface area contributed by atoms with Crippen molar-refractivity contribution < 1.29 is 9.53 Å². The van der Waals surface area contributed by atoms with Crippen LogP contribution in [0, 0.1) is 5.41 Å². The molecule has 2 aliphatic rings. The highest BCUT2D eigenvalue weighted by atomic mass is 16.5. The number of hydrogen-bond donors (Lipinski definition) is 2. The Bertz CT molecular complexity index is 437. The molecule has 1 aliphatic carbocycles. The smallest absolute Gasteiger partial charge is 0.243 e. The first-order chi connectivity index (χ1) is 12.0. The number of rotatable bonds is 6. The molecule has 0 aromatic heterocycles. The van der Waals surface area contributed by atoms with E-state index in [9.17, 15) is 4.79 Å². The summed E-state index contributed by atoms with van der Waals surface area (Å²) in [4.78, 5) is 17.9. The van der Waals surface area contributed by atoms with Gasteiger partial charge < -0.3 is 20.3 Å². The predicted molar refractivity (Wildman–Crippen MR) is 102 cm³/mol. The lowest BCUT2D eigenvalue weighted by atomic mass is 9.82. The predicted octanol–water partition coefficient (Wildman–Crippen LogP) is 2.15. The van der Waals surface area contributed by atoms with Crippen molar-refractivity contribution in [3.63, 3.8) is 0 Å². The van der Waals surface area contributed by atoms with Gasteiger partial charge in [-0.25, -0.2) is 4.99 Å². The zero-order valence-electron chi connectivity index (χ0n) is 16.3.